The van der Waals surface area contributed by atoms with Crippen LogP contribution in [0.15, 0.2) is 0 Å². The Kier molecular flexibility index (Phi) is 6.33. The number of aliphatic hydroxyl groups is 1. The second-order valence-electron chi connectivity index (χ2n) is 5.28. The Hall–Kier alpha value is -0.120. The van der Waals surface area contributed by atoms with Crippen LogP contribution in [-0.4, -0.2) is 30.3 Å². The summed E-state index contributed by atoms with van der Waals surface area (Å²) in [6.07, 6.45) is 1.86. The molecule has 0 aromatic heterocycles. The molecule has 0 aliphatic rings. The van der Waals surface area contributed by atoms with Crippen molar-refractivity contribution in [3.05, 3.63) is 0 Å². The van der Waals surface area contributed by atoms with Crippen molar-refractivity contribution in [3.63, 3.8) is 0 Å². The lowest BCUT2D eigenvalue weighted by atomic mass is 9.88. The van der Waals surface area contributed by atoms with Gasteiger partial charge >= 0.3 is 0 Å². The van der Waals surface area contributed by atoms with E-state index in [-0.39, 0.29) is 6.61 Å². The third-order valence-corrected chi connectivity index (χ3v) is 2.23. The number of nitrogens with two attached hydrogens (primary N) is 1. The summed E-state index contributed by atoms with van der Waals surface area (Å²) in [6, 6.07) is 0.701. The van der Waals surface area contributed by atoms with Gasteiger partial charge in [0.15, 0.2) is 0 Å². The molecular weight excluding hydrogens is 176 g/mol. The van der Waals surface area contributed by atoms with Crippen LogP contribution < -0.4 is 11.1 Å². The van der Waals surface area contributed by atoms with Gasteiger partial charge in [0.05, 0.1) is 0 Å². The van der Waals surface area contributed by atoms with Crippen LogP contribution in [0.4, 0.5) is 0 Å². The summed E-state index contributed by atoms with van der Waals surface area (Å²) in [6.45, 7) is 9.63. The van der Waals surface area contributed by atoms with Crippen LogP contribution in [0.3, 0.4) is 0 Å². The first-order valence-electron chi connectivity index (χ1n) is 5.46. The highest BCUT2D eigenvalue weighted by atomic mass is 16.3. The van der Waals surface area contributed by atoms with Crippen molar-refractivity contribution in [2.24, 2.45) is 11.1 Å². The second kappa shape index (κ2) is 6.38. The molecule has 0 rings (SSSR count). The lowest BCUT2D eigenvalue weighted by molar-refractivity contribution is 0.248. The summed E-state index contributed by atoms with van der Waals surface area (Å²) < 4.78 is 0. The topological polar surface area (TPSA) is 58.3 Å². The van der Waals surface area contributed by atoms with Gasteiger partial charge in [-0.2, -0.15) is 0 Å². The smallest absolute Gasteiger partial charge is 0.0445 e. The normalized spacial score (nSPS) is 16.7. The lowest BCUT2D eigenvalue weighted by Crippen LogP contribution is -2.43. The number of hydrogen-bond acceptors (Lipinski definition) is 3. The van der Waals surface area contributed by atoms with E-state index in [2.05, 4.69) is 33.0 Å². The first-order chi connectivity index (χ1) is 6.39. The maximum absolute atomic E-state index is 8.78. The van der Waals surface area contributed by atoms with Crippen LogP contribution in [-0.2, 0) is 0 Å². The molecule has 14 heavy (non-hydrogen) atoms. The third-order valence-electron chi connectivity index (χ3n) is 2.23. The number of nitrogens with one attached hydrogen (secondary N) is 1. The van der Waals surface area contributed by atoms with Crippen molar-refractivity contribution in [1.82, 2.24) is 5.32 Å². The fourth-order valence-corrected chi connectivity index (χ4v) is 1.63. The Morgan fingerprint density at radius 3 is 2.29 bits per heavy atom. The molecule has 0 saturated heterocycles. The van der Waals surface area contributed by atoms with Gasteiger partial charge in [0, 0.05) is 25.2 Å². The van der Waals surface area contributed by atoms with Gasteiger partial charge < -0.3 is 16.2 Å². The van der Waals surface area contributed by atoms with E-state index in [0.29, 0.717) is 24.0 Å². The fraction of sp³-hybridized carbons (Fsp3) is 1.00. The van der Waals surface area contributed by atoms with Crippen molar-refractivity contribution < 1.29 is 5.11 Å². The summed E-state index contributed by atoms with van der Waals surface area (Å²) in [4.78, 5) is 0. The molecule has 3 heteroatoms. The minimum absolute atomic E-state index is 0.237. The average molecular weight is 202 g/mol. The number of hydrogen-bond donors (Lipinski definition) is 3. The summed E-state index contributed by atoms with van der Waals surface area (Å²) in [5, 5.41) is 12.2. The maximum Gasteiger partial charge on any atom is 0.0445 e. The van der Waals surface area contributed by atoms with Crippen molar-refractivity contribution in [1.29, 1.82) is 0 Å². The SMILES string of the molecule is CC(CCO)NC(CN)CC(C)(C)C. The van der Waals surface area contributed by atoms with Crippen molar-refractivity contribution in [2.75, 3.05) is 13.2 Å². The van der Waals surface area contributed by atoms with Crippen LogP contribution in [0.2, 0.25) is 0 Å². The molecule has 0 aromatic rings. The van der Waals surface area contributed by atoms with Gasteiger partial charge in [-0.25, -0.2) is 0 Å². The molecule has 0 saturated carbocycles. The van der Waals surface area contributed by atoms with Crippen LogP contribution in [0.25, 0.3) is 0 Å². The van der Waals surface area contributed by atoms with Gasteiger partial charge in [-0.05, 0) is 25.2 Å². The van der Waals surface area contributed by atoms with E-state index in [1.54, 1.807) is 0 Å². The molecule has 0 bridgehead atoms. The Labute approximate surface area is 88.1 Å². The quantitative estimate of drug-likeness (QED) is 0.605. The predicted molar refractivity (Wildman–Crippen MR) is 61.2 cm³/mol. The summed E-state index contributed by atoms with van der Waals surface area (Å²) in [5.74, 6) is 0. The molecule has 0 heterocycles. The fourth-order valence-electron chi connectivity index (χ4n) is 1.63. The molecule has 0 aliphatic carbocycles. The lowest BCUT2D eigenvalue weighted by Gasteiger charge is -2.28. The van der Waals surface area contributed by atoms with E-state index in [0.717, 1.165) is 12.8 Å². The standard InChI is InChI=1S/C11H26N2O/c1-9(5-6-14)13-10(8-12)7-11(2,3)4/h9-10,13-14H,5-8,12H2,1-4H3. The molecule has 2 unspecified atom stereocenters. The highest BCUT2D eigenvalue weighted by Crippen LogP contribution is 2.20. The third kappa shape index (κ3) is 7.30. The maximum atomic E-state index is 8.78. The molecule has 4 N–H and O–H groups in total. The molecule has 0 fully saturated rings. The zero-order valence-electron chi connectivity index (χ0n) is 10.0. The highest BCUT2D eigenvalue weighted by molar-refractivity contribution is 4.77. The van der Waals surface area contributed by atoms with Crippen LogP contribution >= 0.6 is 0 Å². The van der Waals surface area contributed by atoms with Crippen LogP contribution in [0, 0.1) is 5.41 Å². The van der Waals surface area contributed by atoms with Gasteiger partial charge in [0.1, 0.15) is 0 Å². The molecule has 2 atom stereocenters. The zero-order valence-corrected chi connectivity index (χ0v) is 10.0. The van der Waals surface area contributed by atoms with Gasteiger partial charge in [0.2, 0.25) is 0 Å². The number of aliphatic hydroxyl groups excluding tert-OH is 1. The monoisotopic (exact) mass is 202 g/mol. The summed E-state index contributed by atoms with van der Waals surface area (Å²) >= 11 is 0. The Bertz CT molecular complexity index is 143. The molecule has 0 spiro atoms. The van der Waals surface area contributed by atoms with E-state index in [9.17, 15) is 0 Å². The van der Waals surface area contributed by atoms with E-state index < -0.39 is 0 Å². The van der Waals surface area contributed by atoms with Gasteiger partial charge in [-0.3, -0.25) is 0 Å². The summed E-state index contributed by atoms with van der Waals surface area (Å²) in [7, 11) is 0. The van der Waals surface area contributed by atoms with Crippen LogP contribution in [0.1, 0.15) is 40.5 Å². The largest absolute Gasteiger partial charge is 0.396 e. The molecular formula is C11H26N2O. The minimum Gasteiger partial charge on any atom is -0.396 e. The number of rotatable bonds is 6. The Balaban J connectivity index is 3.90. The molecule has 0 radical (unpaired) electrons. The summed E-state index contributed by atoms with van der Waals surface area (Å²) in [5.41, 5.74) is 6.00. The minimum atomic E-state index is 0.237. The highest BCUT2D eigenvalue weighted by Gasteiger charge is 2.18. The molecule has 86 valence electrons. The van der Waals surface area contributed by atoms with Gasteiger partial charge in [0.25, 0.3) is 0 Å². The van der Waals surface area contributed by atoms with E-state index in [4.69, 9.17) is 10.8 Å². The van der Waals surface area contributed by atoms with Crippen molar-refractivity contribution in [2.45, 2.75) is 52.6 Å². The Morgan fingerprint density at radius 2 is 1.93 bits per heavy atom. The Morgan fingerprint density at radius 1 is 1.36 bits per heavy atom. The first-order valence-corrected chi connectivity index (χ1v) is 5.46. The molecule has 0 aromatic carbocycles. The van der Waals surface area contributed by atoms with E-state index in [1.807, 2.05) is 0 Å². The zero-order chi connectivity index (χ0) is 11.2. The van der Waals surface area contributed by atoms with E-state index >= 15 is 0 Å². The first kappa shape index (κ1) is 13.9. The molecule has 0 aliphatic heterocycles. The van der Waals surface area contributed by atoms with Crippen molar-refractivity contribution in [3.8, 4) is 0 Å². The second-order valence-corrected chi connectivity index (χ2v) is 5.28. The molecule has 0 amide bonds. The van der Waals surface area contributed by atoms with Gasteiger partial charge in [-0.15, -0.1) is 0 Å². The van der Waals surface area contributed by atoms with Crippen LogP contribution in [0.5, 0.6) is 0 Å². The average Bonchev–Trinajstić information content (AvgIpc) is 2.01. The van der Waals surface area contributed by atoms with Gasteiger partial charge in [-0.1, -0.05) is 20.8 Å². The molecule has 3 nitrogen and oxygen atoms in total. The van der Waals surface area contributed by atoms with Crippen molar-refractivity contribution >= 4 is 0 Å². The van der Waals surface area contributed by atoms with E-state index in [1.165, 1.54) is 0 Å². The predicted octanol–water partition coefficient (Wildman–Crippen LogP) is 1.11.